The van der Waals surface area contributed by atoms with Gasteiger partial charge in [0.15, 0.2) is 0 Å². The van der Waals surface area contributed by atoms with Crippen molar-refractivity contribution in [3.63, 3.8) is 0 Å². The number of likely N-dealkylation sites (N-methyl/N-ethyl adjacent to an activating group) is 1. The molecule has 0 aliphatic heterocycles. The smallest absolute Gasteiger partial charge is 0.242 e. The van der Waals surface area contributed by atoms with Crippen LogP contribution in [-0.2, 0) is 9.59 Å². The van der Waals surface area contributed by atoms with Crippen LogP contribution in [0.4, 0.5) is 0 Å². The van der Waals surface area contributed by atoms with Gasteiger partial charge < -0.3 is 16.0 Å². The van der Waals surface area contributed by atoms with Crippen LogP contribution in [0, 0.1) is 11.8 Å². The second kappa shape index (κ2) is 7.34. The second-order valence-corrected chi connectivity index (χ2v) is 6.92. The largest absolute Gasteiger partial charge is 0.346 e. The number of hydrogen-bond acceptors (Lipinski definition) is 3. The lowest BCUT2D eigenvalue weighted by molar-refractivity contribution is -0.135. The van der Waals surface area contributed by atoms with Crippen LogP contribution in [-0.4, -0.2) is 42.4 Å². The van der Waals surface area contributed by atoms with Gasteiger partial charge in [-0.05, 0) is 43.6 Å². The highest BCUT2D eigenvalue weighted by Crippen LogP contribution is 2.54. The summed E-state index contributed by atoms with van der Waals surface area (Å²) in [5, 5.41) is 2.61. The van der Waals surface area contributed by atoms with E-state index in [-0.39, 0.29) is 30.9 Å². The number of fused-ring (bicyclic) bond motifs is 2. The summed E-state index contributed by atoms with van der Waals surface area (Å²) in [4.78, 5) is 26.0. The highest BCUT2D eigenvalue weighted by Gasteiger charge is 2.51. The second-order valence-electron chi connectivity index (χ2n) is 6.92. The molecule has 3 rings (SSSR count). The number of amides is 2. The zero-order chi connectivity index (χ0) is 17.1. The maximum absolute atomic E-state index is 12.7. The van der Waals surface area contributed by atoms with Crippen LogP contribution in [0.5, 0.6) is 0 Å². The molecule has 0 radical (unpaired) electrons. The lowest BCUT2D eigenvalue weighted by Crippen LogP contribution is -2.50. The fourth-order valence-electron chi connectivity index (χ4n) is 4.76. The van der Waals surface area contributed by atoms with Crippen LogP contribution in [0.1, 0.15) is 37.7 Å². The molecule has 4 atom stereocenters. The van der Waals surface area contributed by atoms with E-state index in [1.165, 1.54) is 24.8 Å². The maximum atomic E-state index is 12.7. The number of benzene rings is 1. The minimum Gasteiger partial charge on any atom is -0.346 e. The van der Waals surface area contributed by atoms with Crippen LogP contribution in [0.2, 0.25) is 0 Å². The van der Waals surface area contributed by atoms with Crippen molar-refractivity contribution in [2.45, 2.75) is 38.1 Å². The van der Waals surface area contributed by atoms with Crippen molar-refractivity contribution in [2.75, 3.05) is 19.6 Å². The number of nitrogens with one attached hydrogen (secondary N) is 1. The average molecular weight is 329 g/mol. The van der Waals surface area contributed by atoms with Gasteiger partial charge in [-0.25, -0.2) is 0 Å². The monoisotopic (exact) mass is 329 g/mol. The molecule has 4 unspecified atom stereocenters. The van der Waals surface area contributed by atoms with E-state index in [9.17, 15) is 9.59 Å². The van der Waals surface area contributed by atoms with Gasteiger partial charge in [0.05, 0.1) is 13.1 Å². The zero-order valence-corrected chi connectivity index (χ0v) is 14.3. The highest BCUT2D eigenvalue weighted by molar-refractivity contribution is 5.85. The first-order chi connectivity index (χ1) is 11.7. The first-order valence-electron chi connectivity index (χ1n) is 8.96. The zero-order valence-electron chi connectivity index (χ0n) is 14.3. The molecule has 24 heavy (non-hydrogen) atoms. The maximum Gasteiger partial charge on any atom is 0.242 e. The van der Waals surface area contributed by atoms with E-state index >= 15 is 0 Å². The lowest BCUT2D eigenvalue weighted by atomic mass is 9.79. The summed E-state index contributed by atoms with van der Waals surface area (Å²) in [6.07, 6.45) is 3.68. The third-order valence-electron chi connectivity index (χ3n) is 5.70. The lowest BCUT2D eigenvalue weighted by Gasteiger charge is -2.39. The molecule has 130 valence electrons. The van der Waals surface area contributed by atoms with Gasteiger partial charge in [-0.3, -0.25) is 9.59 Å². The number of carbonyl (C=O) groups is 2. The Hall–Kier alpha value is -1.88. The minimum atomic E-state index is -0.285. The summed E-state index contributed by atoms with van der Waals surface area (Å²) in [5.74, 6) is 1.38. The molecule has 0 aromatic heterocycles. The molecule has 2 bridgehead atoms. The Morgan fingerprint density at radius 3 is 2.58 bits per heavy atom. The summed E-state index contributed by atoms with van der Waals surface area (Å²) >= 11 is 0. The van der Waals surface area contributed by atoms with Gasteiger partial charge in [0.2, 0.25) is 11.8 Å². The third kappa shape index (κ3) is 3.18. The number of rotatable bonds is 6. The van der Waals surface area contributed by atoms with Crippen LogP contribution in [0.15, 0.2) is 30.3 Å². The van der Waals surface area contributed by atoms with E-state index in [1.54, 1.807) is 0 Å². The van der Waals surface area contributed by atoms with Crippen LogP contribution in [0.3, 0.4) is 0 Å². The normalized spacial score (nSPS) is 27.9. The van der Waals surface area contributed by atoms with Gasteiger partial charge in [-0.15, -0.1) is 0 Å². The number of hydrogen-bond donors (Lipinski definition) is 2. The number of nitrogens with two attached hydrogens (primary N) is 1. The molecule has 0 spiro atoms. The molecule has 2 fully saturated rings. The third-order valence-corrected chi connectivity index (χ3v) is 5.70. The van der Waals surface area contributed by atoms with E-state index < -0.39 is 0 Å². The Morgan fingerprint density at radius 1 is 1.21 bits per heavy atom. The van der Waals surface area contributed by atoms with Gasteiger partial charge in [0.25, 0.3) is 0 Å². The van der Waals surface area contributed by atoms with Gasteiger partial charge in [0.1, 0.15) is 0 Å². The molecule has 0 saturated heterocycles. The summed E-state index contributed by atoms with van der Waals surface area (Å²) in [7, 11) is 0. The van der Waals surface area contributed by atoms with Crippen molar-refractivity contribution >= 4 is 11.8 Å². The van der Waals surface area contributed by atoms with Crippen LogP contribution in [0.25, 0.3) is 0 Å². The van der Waals surface area contributed by atoms with Crippen molar-refractivity contribution in [3.05, 3.63) is 35.9 Å². The molecular formula is C19H27N3O2. The minimum absolute atomic E-state index is 0.00205. The summed E-state index contributed by atoms with van der Waals surface area (Å²) in [5.41, 5.74) is 6.64. The molecule has 3 N–H and O–H groups in total. The molecule has 0 heterocycles. The average Bonchev–Trinajstić information content (AvgIpc) is 3.22. The highest BCUT2D eigenvalue weighted by atomic mass is 16.2. The van der Waals surface area contributed by atoms with Crippen molar-refractivity contribution < 1.29 is 9.59 Å². The Kier molecular flexibility index (Phi) is 5.19. The van der Waals surface area contributed by atoms with E-state index in [4.69, 9.17) is 5.73 Å². The Morgan fingerprint density at radius 2 is 1.92 bits per heavy atom. The molecule has 2 amide bonds. The fourth-order valence-corrected chi connectivity index (χ4v) is 4.76. The molecule has 2 saturated carbocycles. The Bertz CT molecular complexity index is 590. The van der Waals surface area contributed by atoms with Gasteiger partial charge in [-0.2, -0.15) is 0 Å². The molecule has 1 aromatic rings. The standard InChI is InChI=1S/C19H27N3O2/c1-2-22(17(24)12-21-16(23)11-20)19-15-9-8-14(10-15)18(19)13-6-4-3-5-7-13/h3-7,14-15,18-19H,2,8-12,20H2,1H3,(H,21,23). The summed E-state index contributed by atoms with van der Waals surface area (Å²) in [6, 6.07) is 10.8. The van der Waals surface area contributed by atoms with E-state index in [2.05, 4.69) is 29.6 Å². The first kappa shape index (κ1) is 17.0. The van der Waals surface area contributed by atoms with E-state index in [0.29, 0.717) is 24.3 Å². The molecule has 5 nitrogen and oxygen atoms in total. The first-order valence-corrected chi connectivity index (χ1v) is 8.96. The topological polar surface area (TPSA) is 75.4 Å². The molecule has 5 heteroatoms. The molecule has 2 aliphatic carbocycles. The number of nitrogens with zero attached hydrogens (tertiary/aromatic N) is 1. The number of carbonyl (C=O) groups excluding carboxylic acids is 2. The summed E-state index contributed by atoms with van der Waals surface area (Å²) < 4.78 is 0. The van der Waals surface area contributed by atoms with Crippen LogP contribution < -0.4 is 11.1 Å². The molecule has 1 aromatic carbocycles. The van der Waals surface area contributed by atoms with E-state index in [1.807, 2.05) is 17.9 Å². The predicted octanol–water partition coefficient (Wildman–Crippen LogP) is 1.49. The predicted molar refractivity (Wildman–Crippen MR) is 93.3 cm³/mol. The van der Waals surface area contributed by atoms with Crippen molar-refractivity contribution in [1.82, 2.24) is 10.2 Å². The Balaban J connectivity index is 1.78. The van der Waals surface area contributed by atoms with Gasteiger partial charge >= 0.3 is 0 Å². The SMILES string of the molecule is CCN(C(=O)CNC(=O)CN)C1C2CCC(C2)C1c1ccccc1. The van der Waals surface area contributed by atoms with Gasteiger partial charge in [-0.1, -0.05) is 30.3 Å². The van der Waals surface area contributed by atoms with Crippen LogP contribution >= 0.6 is 0 Å². The fraction of sp³-hybridized carbons (Fsp3) is 0.579. The van der Waals surface area contributed by atoms with E-state index in [0.717, 1.165) is 0 Å². The van der Waals surface area contributed by atoms with Crippen molar-refractivity contribution in [1.29, 1.82) is 0 Å². The Labute approximate surface area is 143 Å². The summed E-state index contributed by atoms with van der Waals surface area (Å²) in [6.45, 7) is 2.66. The van der Waals surface area contributed by atoms with Crippen molar-refractivity contribution in [2.24, 2.45) is 17.6 Å². The van der Waals surface area contributed by atoms with Crippen molar-refractivity contribution in [3.8, 4) is 0 Å². The van der Waals surface area contributed by atoms with Gasteiger partial charge in [0, 0.05) is 18.5 Å². The molecule has 2 aliphatic rings. The quantitative estimate of drug-likeness (QED) is 0.830. The molecular weight excluding hydrogens is 302 g/mol.